The van der Waals surface area contributed by atoms with Gasteiger partial charge < -0.3 is 5.32 Å². The number of aryl methyl sites for hydroxylation is 3. The van der Waals surface area contributed by atoms with Gasteiger partial charge >= 0.3 is 0 Å². The zero-order chi connectivity index (χ0) is 12.6. The van der Waals surface area contributed by atoms with Crippen LogP contribution in [0.15, 0.2) is 12.1 Å². The second kappa shape index (κ2) is 4.26. The number of carbonyl (C=O) groups is 1. The Labute approximate surface area is 103 Å². The highest BCUT2D eigenvalue weighted by Gasteiger charge is 2.49. The van der Waals surface area contributed by atoms with Crippen LogP contribution in [0.3, 0.4) is 0 Å². The van der Waals surface area contributed by atoms with Crippen molar-refractivity contribution in [2.45, 2.75) is 33.6 Å². The fourth-order valence-electron chi connectivity index (χ4n) is 2.78. The van der Waals surface area contributed by atoms with E-state index in [9.17, 15) is 4.79 Å². The van der Waals surface area contributed by atoms with Gasteiger partial charge in [0.1, 0.15) is 0 Å². The molecule has 1 aromatic carbocycles. The van der Waals surface area contributed by atoms with Crippen LogP contribution in [-0.4, -0.2) is 19.4 Å². The number of carbonyl (C=O) groups excluding carboxylic acids is 1. The highest BCUT2D eigenvalue weighted by molar-refractivity contribution is 6.04. The molecule has 0 aliphatic heterocycles. The minimum Gasteiger partial charge on any atom is -0.319 e. The molecule has 0 aromatic heterocycles. The van der Waals surface area contributed by atoms with Crippen LogP contribution in [-0.2, 0) is 0 Å². The standard InChI is InChI=1S/C15H21NO/c1-10-7-11(2)13(12(3)8-10)14(17)15(5-6-15)9-16-4/h7-8,16H,5-6,9H2,1-4H3. The van der Waals surface area contributed by atoms with Gasteiger partial charge in [0, 0.05) is 17.5 Å². The first-order chi connectivity index (χ1) is 8.00. The van der Waals surface area contributed by atoms with Crippen molar-refractivity contribution in [3.63, 3.8) is 0 Å². The van der Waals surface area contributed by atoms with Gasteiger partial charge in [-0.1, -0.05) is 17.7 Å². The fraction of sp³-hybridized carbons (Fsp3) is 0.533. The maximum absolute atomic E-state index is 12.6. The van der Waals surface area contributed by atoms with Crippen molar-refractivity contribution in [2.75, 3.05) is 13.6 Å². The lowest BCUT2D eigenvalue weighted by Gasteiger charge is -2.17. The van der Waals surface area contributed by atoms with Crippen LogP contribution in [0.2, 0.25) is 0 Å². The van der Waals surface area contributed by atoms with E-state index < -0.39 is 0 Å². The topological polar surface area (TPSA) is 29.1 Å². The molecule has 0 radical (unpaired) electrons. The molecular formula is C15H21NO. The van der Waals surface area contributed by atoms with Crippen LogP contribution in [0.1, 0.15) is 39.9 Å². The molecule has 1 aliphatic carbocycles. The van der Waals surface area contributed by atoms with Crippen molar-refractivity contribution in [2.24, 2.45) is 5.41 Å². The Kier molecular flexibility index (Phi) is 3.09. The third-order valence-electron chi connectivity index (χ3n) is 3.75. The molecule has 0 saturated heterocycles. The molecule has 0 atom stereocenters. The number of hydrogen-bond donors (Lipinski definition) is 1. The molecule has 0 spiro atoms. The van der Waals surface area contributed by atoms with E-state index in [-0.39, 0.29) is 5.41 Å². The molecule has 0 heterocycles. The van der Waals surface area contributed by atoms with Crippen LogP contribution < -0.4 is 5.32 Å². The van der Waals surface area contributed by atoms with Crippen molar-refractivity contribution < 1.29 is 4.79 Å². The molecule has 17 heavy (non-hydrogen) atoms. The maximum Gasteiger partial charge on any atom is 0.170 e. The van der Waals surface area contributed by atoms with E-state index in [0.717, 1.165) is 36.1 Å². The molecule has 2 nitrogen and oxygen atoms in total. The minimum absolute atomic E-state index is 0.112. The van der Waals surface area contributed by atoms with E-state index in [0.29, 0.717) is 5.78 Å². The molecule has 1 aromatic rings. The van der Waals surface area contributed by atoms with Crippen molar-refractivity contribution in [3.8, 4) is 0 Å². The largest absolute Gasteiger partial charge is 0.319 e. The first-order valence-corrected chi connectivity index (χ1v) is 6.27. The normalized spacial score (nSPS) is 16.9. The maximum atomic E-state index is 12.6. The Bertz CT molecular complexity index is 435. The summed E-state index contributed by atoms with van der Waals surface area (Å²) in [5.41, 5.74) is 4.31. The summed E-state index contributed by atoms with van der Waals surface area (Å²) in [5, 5.41) is 3.15. The number of nitrogens with one attached hydrogen (secondary N) is 1. The first kappa shape index (κ1) is 12.3. The van der Waals surface area contributed by atoms with Gasteiger partial charge in [-0.25, -0.2) is 0 Å². The minimum atomic E-state index is -0.112. The third-order valence-corrected chi connectivity index (χ3v) is 3.75. The number of benzene rings is 1. The predicted octanol–water partition coefficient (Wildman–Crippen LogP) is 2.79. The van der Waals surface area contributed by atoms with Gasteiger partial charge in [0.2, 0.25) is 0 Å². The van der Waals surface area contributed by atoms with Crippen LogP contribution in [0.25, 0.3) is 0 Å². The summed E-state index contributed by atoms with van der Waals surface area (Å²) >= 11 is 0. The lowest BCUT2D eigenvalue weighted by molar-refractivity contribution is 0.0899. The van der Waals surface area contributed by atoms with E-state index in [1.807, 2.05) is 20.9 Å². The Balaban J connectivity index is 2.38. The highest BCUT2D eigenvalue weighted by Crippen LogP contribution is 2.48. The van der Waals surface area contributed by atoms with Gasteiger partial charge in [-0.15, -0.1) is 0 Å². The van der Waals surface area contributed by atoms with Crippen LogP contribution in [0, 0.1) is 26.2 Å². The number of rotatable bonds is 4. The summed E-state index contributed by atoms with van der Waals surface area (Å²) in [5.74, 6) is 0.335. The Morgan fingerprint density at radius 2 is 1.76 bits per heavy atom. The van der Waals surface area contributed by atoms with Crippen LogP contribution >= 0.6 is 0 Å². The lowest BCUT2D eigenvalue weighted by atomic mass is 9.88. The second-order valence-electron chi connectivity index (χ2n) is 5.41. The van der Waals surface area contributed by atoms with Crippen molar-refractivity contribution >= 4 is 5.78 Å². The average molecular weight is 231 g/mol. The van der Waals surface area contributed by atoms with E-state index in [1.54, 1.807) is 0 Å². The van der Waals surface area contributed by atoms with E-state index in [4.69, 9.17) is 0 Å². The monoisotopic (exact) mass is 231 g/mol. The zero-order valence-corrected chi connectivity index (χ0v) is 11.2. The quantitative estimate of drug-likeness (QED) is 0.807. The fourth-order valence-corrected chi connectivity index (χ4v) is 2.78. The van der Waals surface area contributed by atoms with Gasteiger partial charge in [0.25, 0.3) is 0 Å². The summed E-state index contributed by atoms with van der Waals surface area (Å²) in [6.45, 7) is 6.97. The molecule has 0 amide bonds. The molecule has 2 heteroatoms. The first-order valence-electron chi connectivity index (χ1n) is 6.27. The van der Waals surface area contributed by atoms with E-state index >= 15 is 0 Å². The van der Waals surface area contributed by atoms with Gasteiger partial charge in [-0.05, 0) is 51.8 Å². The SMILES string of the molecule is CNCC1(C(=O)c2c(C)cc(C)cc2C)CC1. The molecule has 92 valence electrons. The smallest absolute Gasteiger partial charge is 0.170 e. The Hall–Kier alpha value is -1.15. The Morgan fingerprint density at radius 1 is 1.24 bits per heavy atom. The molecule has 1 N–H and O–H groups in total. The summed E-state index contributed by atoms with van der Waals surface area (Å²) in [6, 6.07) is 4.21. The van der Waals surface area contributed by atoms with Crippen molar-refractivity contribution in [1.82, 2.24) is 5.32 Å². The van der Waals surface area contributed by atoms with Crippen LogP contribution in [0.5, 0.6) is 0 Å². The molecule has 1 saturated carbocycles. The summed E-state index contributed by atoms with van der Waals surface area (Å²) in [6.07, 6.45) is 2.05. The zero-order valence-electron chi connectivity index (χ0n) is 11.2. The molecule has 1 fully saturated rings. The molecule has 1 aliphatic rings. The highest BCUT2D eigenvalue weighted by atomic mass is 16.1. The average Bonchev–Trinajstić information content (AvgIpc) is 2.97. The van der Waals surface area contributed by atoms with Crippen molar-refractivity contribution in [3.05, 3.63) is 34.4 Å². The molecule has 2 rings (SSSR count). The van der Waals surface area contributed by atoms with Crippen molar-refractivity contribution in [1.29, 1.82) is 0 Å². The van der Waals surface area contributed by atoms with Gasteiger partial charge in [0.05, 0.1) is 0 Å². The molecule has 0 unspecified atom stereocenters. The van der Waals surface area contributed by atoms with Gasteiger partial charge in [-0.2, -0.15) is 0 Å². The second-order valence-corrected chi connectivity index (χ2v) is 5.41. The lowest BCUT2D eigenvalue weighted by Crippen LogP contribution is -2.29. The molecular weight excluding hydrogens is 210 g/mol. The number of hydrogen-bond acceptors (Lipinski definition) is 2. The third kappa shape index (κ3) is 2.14. The van der Waals surface area contributed by atoms with Crippen LogP contribution in [0.4, 0.5) is 0 Å². The number of Topliss-reactive ketones (excluding diaryl/α,β-unsaturated/α-hetero) is 1. The molecule has 0 bridgehead atoms. The number of ketones is 1. The van der Waals surface area contributed by atoms with E-state index in [2.05, 4.69) is 24.4 Å². The predicted molar refractivity (Wildman–Crippen MR) is 70.6 cm³/mol. The summed E-state index contributed by atoms with van der Waals surface area (Å²) < 4.78 is 0. The Morgan fingerprint density at radius 3 is 2.18 bits per heavy atom. The summed E-state index contributed by atoms with van der Waals surface area (Å²) in [7, 11) is 1.92. The summed E-state index contributed by atoms with van der Waals surface area (Å²) in [4.78, 5) is 12.6. The van der Waals surface area contributed by atoms with E-state index in [1.165, 1.54) is 5.56 Å². The van der Waals surface area contributed by atoms with Gasteiger partial charge in [-0.3, -0.25) is 4.79 Å². The van der Waals surface area contributed by atoms with Gasteiger partial charge in [0.15, 0.2) is 5.78 Å².